The quantitative estimate of drug-likeness (QED) is 0.325. The predicted octanol–water partition coefficient (Wildman–Crippen LogP) is 5.51. The van der Waals surface area contributed by atoms with Crippen molar-refractivity contribution in [3.8, 4) is 0 Å². The van der Waals surface area contributed by atoms with E-state index in [1.54, 1.807) is 49.4 Å². The number of hydrogen-bond acceptors (Lipinski definition) is 4. The zero-order chi connectivity index (χ0) is 28.8. The van der Waals surface area contributed by atoms with Crippen LogP contribution in [0.1, 0.15) is 39.7 Å². The lowest BCUT2D eigenvalue weighted by Gasteiger charge is -2.34. The van der Waals surface area contributed by atoms with E-state index < -0.39 is 39.9 Å². The van der Waals surface area contributed by atoms with Gasteiger partial charge in [-0.1, -0.05) is 53.2 Å². The highest BCUT2D eigenvalue weighted by Crippen LogP contribution is 2.26. The van der Waals surface area contributed by atoms with E-state index in [0.717, 1.165) is 8.78 Å². The fraction of sp³-hybridized carbons (Fsp3) is 0.310. The molecule has 39 heavy (non-hydrogen) atoms. The number of hydrogen-bond donors (Lipinski definition) is 1. The third kappa shape index (κ3) is 8.12. The molecule has 1 N–H and O–H groups in total. The maximum absolute atomic E-state index is 14.0. The normalized spacial score (nSPS) is 12.5. The summed E-state index contributed by atoms with van der Waals surface area (Å²) in [4.78, 5) is 28.7. The summed E-state index contributed by atoms with van der Waals surface area (Å²) in [5, 5.41) is 2.92. The highest BCUT2D eigenvalue weighted by Gasteiger charge is 2.34. The second-order valence-corrected chi connectivity index (χ2v) is 12.9. The summed E-state index contributed by atoms with van der Waals surface area (Å²) in [6, 6.07) is 19.2. The molecular weight excluding hydrogens is 585 g/mol. The highest BCUT2D eigenvalue weighted by molar-refractivity contribution is 9.10. The lowest BCUT2D eigenvalue weighted by atomic mass is 10.1. The number of amides is 2. The van der Waals surface area contributed by atoms with E-state index >= 15 is 0 Å². The topological polar surface area (TPSA) is 86.8 Å². The van der Waals surface area contributed by atoms with Crippen molar-refractivity contribution in [1.82, 2.24) is 10.2 Å². The molecular formula is C29H33BrFN3O4S. The Hall–Kier alpha value is -3.24. The van der Waals surface area contributed by atoms with Gasteiger partial charge in [0, 0.05) is 16.6 Å². The zero-order valence-corrected chi connectivity index (χ0v) is 24.8. The maximum atomic E-state index is 14.0. The van der Waals surface area contributed by atoms with Crippen molar-refractivity contribution in [3.05, 3.63) is 94.7 Å². The first-order valence-electron chi connectivity index (χ1n) is 12.5. The van der Waals surface area contributed by atoms with Gasteiger partial charge in [-0.3, -0.25) is 13.9 Å². The third-order valence-corrected chi connectivity index (χ3v) is 8.19. The van der Waals surface area contributed by atoms with E-state index in [9.17, 15) is 22.4 Å². The van der Waals surface area contributed by atoms with E-state index in [0.29, 0.717) is 17.7 Å². The van der Waals surface area contributed by atoms with Crippen molar-refractivity contribution in [3.63, 3.8) is 0 Å². The molecule has 0 spiro atoms. The smallest absolute Gasteiger partial charge is 0.264 e. The van der Waals surface area contributed by atoms with Crippen molar-refractivity contribution in [2.24, 2.45) is 0 Å². The molecule has 0 saturated heterocycles. The number of nitrogens with one attached hydrogen (secondary N) is 1. The van der Waals surface area contributed by atoms with Crippen LogP contribution in [0.2, 0.25) is 0 Å². The molecule has 0 heterocycles. The van der Waals surface area contributed by atoms with Crippen molar-refractivity contribution in [1.29, 1.82) is 0 Å². The fourth-order valence-corrected chi connectivity index (χ4v) is 5.71. The van der Waals surface area contributed by atoms with Gasteiger partial charge < -0.3 is 10.2 Å². The number of carbonyl (C=O) groups is 2. The SMILES string of the molecule is CC[C@H](C(=O)NC(C)(C)C)N(Cc1ccc(F)cc1)C(=O)CN(c1ccc(Br)cc1)S(=O)(=O)c1ccccc1. The van der Waals surface area contributed by atoms with Gasteiger partial charge >= 0.3 is 0 Å². The standard InChI is InChI=1S/C29H33BrFN3O4S/c1-5-26(28(36)32-29(2,3)4)33(19-21-11-15-23(31)16-12-21)27(35)20-34(24-17-13-22(30)14-18-24)39(37,38)25-9-7-6-8-10-25/h6-18,26H,5,19-20H2,1-4H3,(H,32,36)/t26-/m1/s1. The van der Waals surface area contributed by atoms with Crippen LogP contribution < -0.4 is 9.62 Å². The van der Waals surface area contributed by atoms with Crippen LogP contribution >= 0.6 is 15.9 Å². The highest BCUT2D eigenvalue weighted by atomic mass is 79.9. The van der Waals surface area contributed by atoms with E-state index in [1.165, 1.54) is 41.3 Å². The molecule has 0 aliphatic carbocycles. The van der Waals surface area contributed by atoms with Gasteiger partial charge in [0.1, 0.15) is 18.4 Å². The van der Waals surface area contributed by atoms with Gasteiger partial charge in [0.2, 0.25) is 11.8 Å². The minimum atomic E-state index is -4.14. The first kappa shape index (κ1) is 30.3. The molecule has 0 saturated carbocycles. The summed E-state index contributed by atoms with van der Waals surface area (Å²) in [5.74, 6) is -1.36. The Balaban J connectivity index is 2.05. The Morgan fingerprint density at radius 1 is 0.949 bits per heavy atom. The first-order chi connectivity index (χ1) is 18.3. The van der Waals surface area contributed by atoms with Crippen LogP contribution in [-0.4, -0.2) is 43.3 Å². The van der Waals surface area contributed by atoms with Crippen LogP contribution in [0.25, 0.3) is 0 Å². The Kier molecular flexibility index (Phi) is 9.90. The summed E-state index contributed by atoms with van der Waals surface area (Å²) in [6.45, 7) is 6.75. The van der Waals surface area contributed by atoms with Gasteiger partial charge in [-0.15, -0.1) is 0 Å². The van der Waals surface area contributed by atoms with Gasteiger partial charge in [-0.25, -0.2) is 12.8 Å². The average molecular weight is 619 g/mol. The molecule has 0 aromatic heterocycles. The number of nitrogens with zero attached hydrogens (tertiary/aromatic N) is 2. The first-order valence-corrected chi connectivity index (χ1v) is 14.7. The molecule has 1 atom stereocenters. The molecule has 0 aliphatic rings. The molecule has 3 rings (SSSR count). The van der Waals surface area contributed by atoms with Crippen LogP contribution in [-0.2, 0) is 26.2 Å². The van der Waals surface area contributed by atoms with Gasteiger partial charge in [0.25, 0.3) is 10.0 Å². The summed E-state index contributed by atoms with van der Waals surface area (Å²) in [6.07, 6.45) is 0.290. The van der Waals surface area contributed by atoms with E-state index in [4.69, 9.17) is 0 Å². The Labute approximate surface area is 238 Å². The molecule has 7 nitrogen and oxygen atoms in total. The lowest BCUT2D eigenvalue weighted by Crippen LogP contribution is -2.55. The second kappa shape index (κ2) is 12.7. The van der Waals surface area contributed by atoms with Crippen molar-refractivity contribution in [2.45, 2.75) is 57.1 Å². The number of rotatable bonds is 10. The summed E-state index contributed by atoms with van der Waals surface area (Å²) >= 11 is 3.36. The van der Waals surface area contributed by atoms with Crippen molar-refractivity contribution >= 4 is 43.5 Å². The molecule has 0 bridgehead atoms. The minimum Gasteiger partial charge on any atom is -0.350 e. The molecule has 2 amide bonds. The molecule has 3 aromatic rings. The lowest BCUT2D eigenvalue weighted by molar-refractivity contribution is -0.141. The Bertz CT molecular complexity index is 1380. The van der Waals surface area contributed by atoms with E-state index in [2.05, 4.69) is 21.2 Å². The molecule has 208 valence electrons. The van der Waals surface area contributed by atoms with Crippen LogP contribution in [0, 0.1) is 5.82 Å². The molecule has 0 radical (unpaired) electrons. The molecule has 3 aromatic carbocycles. The number of benzene rings is 3. The fourth-order valence-electron chi connectivity index (χ4n) is 4.01. The van der Waals surface area contributed by atoms with Crippen LogP contribution in [0.5, 0.6) is 0 Å². The van der Waals surface area contributed by atoms with Gasteiger partial charge in [0.15, 0.2) is 0 Å². The van der Waals surface area contributed by atoms with Gasteiger partial charge in [0.05, 0.1) is 10.6 Å². The van der Waals surface area contributed by atoms with Gasteiger partial charge in [-0.05, 0) is 81.3 Å². The van der Waals surface area contributed by atoms with Crippen LogP contribution in [0.3, 0.4) is 0 Å². The number of anilines is 1. The Morgan fingerprint density at radius 2 is 1.54 bits per heavy atom. The van der Waals surface area contributed by atoms with Crippen molar-refractivity contribution in [2.75, 3.05) is 10.8 Å². The summed E-state index contributed by atoms with van der Waals surface area (Å²) < 4.78 is 42.9. The van der Waals surface area contributed by atoms with Gasteiger partial charge in [-0.2, -0.15) is 0 Å². The van der Waals surface area contributed by atoms with Crippen LogP contribution in [0.15, 0.2) is 88.2 Å². The number of carbonyl (C=O) groups excluding carboxylic acids is 2. The van der Waals surface area contributed by atoms with E-state index in [1.807, 2.05) is 20.8 Å². The van der Waals surface area contributed by atoms with Crippen LogP contribution in [0.4, 0.5) is 10.1 Å². The second-order valence-electron chi connectivity index (χ2n) is 10.1. The molecule has 0 unspecified atom stereocenters. The summed E-state index contributed by atoms with van der Waals surface area (Å²) in [5.41, 5.74) is 0.354. The minimum absolute atomic E-state index is 0.00521. The maximum Gasteiger partial charge on any atom is 0.264 e. The zero-order valence-electron chi connectivity index (χ0n) is 22.4. The summed E-state index contributed by atoms with van der Waals surface area (Å²) in [7, 11) is -4.14. The predicted molar refractivity (Wildman–Crippen MR) is 154 cm³/mol. The average Bonchev–Trinajstić information content (AvgIpc) is 2.88. The van der Waals surface area contributed by atoms with E-state index in [-0.39, 0.29) is 17.3 Å². The molecule has 0 fully saturated rings. The molecule has 10 heteroatoms. The monoisotopic (exact) mass is 617 g/mol. The Morgan fingerprint density at radius 3 is 2.08 bits per heavy atom. The number of sulfonamides is 1. The largest absolute Gasteiger partial charge is 0.350 e. The number of halogens is 2. The van der Waals surface area contributed by atoms with Crippen molar-refractivity contribution < 1.29 is 22.4 Å². The third-order valence-electron chi connectivity index (χ3n) is 5.87. The molecule has 0 aliphatic heterocycles.